The molecule has 0 saturated heterocycles. The lowest BCUT2D eigenvalue weighted by Gasteiger charge is -2.11. The van der Waals surface area contributed by atoms with Crippen LogP contribution in [0.1, 0.15) is 21.6 Å². The van der Waals surface area contributed by atoms with Crippen molar-refractivity contribution >= 4 is 17.4 Å². The minimum Gasteiger partial charge on any atom is -0.497 e. The van der Waals surface area contributed by atoms with Crippen molar-refractivity contribution in [2.24, 2.45) is 0 Å². The maximum atomic E-state index is 12.5. The fourth-order valence-electron chi connectivity index (χ4n) is 2.63. The Morgan fingerprint density at radius 1 is 1.00 bits per heavy atom. The van der Waals surface area contributed by atoms with E-state index in [1.807, 2.05) is 12.1 Å². The highest BCUT2D eigenvalue weighted by Crippen LogP contribution is 2.29. The summed E-state index contributed by atoms with van der Waals surface area (Å²) in [5.41, 5.74) is 3.11. The van der Waals surface area contributed by atoms with Crippen LogP contribution in [0.4, 0.5) is 11.5 Å². The Labute approximate surface area is 163 Å². The molecule has 1 heterocycles. The smallest absolute Gasteiger partial charge is 0.276 e. The van der Waals surface area contributed by atoms with Crippen molar-refractivity contribution in [2.45, 2.75) is 13.5 Å². The molecule has 0 bridgehead atoms. The van der Waals surface area contributed by atoms with Crippen molar-refractivity contribution in [1.82, 2.24) is 10.2 Å². The van der Waals surface area contributed by atoms with Crippen LogP contribution in [0.2, 0.25) is 0 Å². The first-order valence-corrected chi connectivity index (χ1v) is 8.76. The first-order valence-electron chi connectivity index (χ1n) is 8.76. The molecule has 0 radical (unpaired) electrons. The second-order valence-corrected chi connectivity index (χ2v) is 6.10. The molecular weight excluding hydrogens is 356 g/mol. The molecule has 144 valence electrons. The van der Waals surface area contributed by atoms with Gasteiger partial charge in [-0.05, 0) is 42.3 Å². The van der Waals surface area contributed by atoms with Gasteiger partial charge in [-0.15, -0.1) is 10.2 Å². The number of rotatable bonds is 7. The summed E-state index contributed by atoms with van der Waals surface area (Å²) in [7, 11) is 3.09. The van der Waals surface area contributed by atoms with Gasteiger partial charge in [-0.25, -0.2) is 0 Å². The minimum atomic E-state index is -0.374. The van der Waals surface area contributed by atoms with E-state index in [0.717, 1.165) is 0 Å². The van der Waals surface area contributed by atoms with Crippen LogP contribution in [0.25, 0.3) is 0 Å². The molecule has 0 fully saturated rings. The Bertz CT molecular complexity index is 958. The van der Waals surface area contributed by atoms with Gasteiger partial charge in [0.05, 0.1) is 19.9 Å². The normalized spacial score (nSPS) is 10.2. The summed E-state index contributed by atoms with van der Waals surface area (Å²) in [5.74, 6) is 1.36. The van der Waals surface area contributed by atoms with Gasteiger partial charge in [0, 0.05) is 12.6 Å². The number of ether oxygens (including phenoxy) is 2. The zero-order chi connectivity index (χ0) is 19.9. The Morgan fingerprint density at radius 3 is 2.50 bits per heavy atom. The van der Waals surface area contributed by atoms with Gasteiger partial charge < -0.3 is 20.1 Å². The molecular formula is C21H22N4O3. The quantitative estimate of drug-likeness (QED) is 0.653. The van der Waals surface area contributed by atoms with Gasteiger partial charge >= 0.3 is 0 Å². The second kappa shape index (κ2) is 8.85. The number of methoxy groups -OCH3 is 2. The average Bonchev–Trinajstić information content (AvgIpc) is 2.73. The van der Waals surface area contributed by atoms with E-state index < -0.39 is 0 Å². The molecule has 3 rings (SSSR count). The van der Waals surface area contributed by atoms with E-state index in [9.17, 15) is 4.79 Å². The molecule has 1 amide bonds. The van der Waals surface area contributed by atoms with Crippen molar-refractivity contribution in [3.8, 4) is 11.5 Å². The number of aryl methyl sites for hydroxylation is 1. The molecule has 0 aliphatic carbocycles. The number of aromatic nitrogens is 2. The topological polar surface area (TPSA) is 85.4 Å². The van der Waals surface area contributed by atoms with Gasteiger partial charge in [-0.3, -0.25) is 4.79 Å². The van der Waals surface area contributed by atoms with Crippen molar-refractivity contribution in [2.75, 3.05) is 24.9 Å². The number of carbonyl (C=O) groups excluding carboxylic acids is 1. The number of carbonyl (C=O) groups is 1. The molecule has 0 aliphatic heterocycles. The Kier molecular flexibility index (Phi) is 6.06. The summed E-state index contributed by atoms with van der Waals surface area (Å²) in [6.07, 6.45) is 0. The molecule has 0 atom stereocenters. The summed E-state index contributed by atoms with van der Waals surface area (Å²) in [4.78, 5) is 12.5. The van der Waals surface area contributed by atoms with Crippen LogP contribution in [0, 0.1) is 6.92 Å². The van der Waals surface area contributed by atoms with E-state index in [1.54, 1.807) is 37.4 Å². The maximum absolute atomic E-state index is 12.5. The van der Waals surface area contributed by atoms with Gasteiger partial charge in [0.25, 0.3) is 5.91 Å². The third-order valence-electron chi connectivity index (χ3n) is 4.28. The molecule has 2 N–H and O–H groups in total. The molecule has 0 aliphatic rings. The molecule has 28 heavy (non-hydrogen) atoms. The van der Waals surface area contributed by atoms with E-state index >= 15 is 0 Å². The first-order chi connectivity index (χ1) is 13.6. The lowest BCUT2D eigenvalue weighted by molar-refractivity contribution is 0.102. The highest BCUT2D eigenvalue weighted by Gasteiger charge is 2.12. The predicted octanol–water partition coefficient (Wildman–Crippen LogP) is 3.67. The van der Waals surface area contributed by atoms with Gasteiger partial charge in [0.2, 0.25) is 0 Å². The minimum absolute atomic E-state index is 0.208. The monoisotopic (exact) mass is 378 g/mol. The van der Waals surface area contributed by atoms with Crippen molar-refractivity contribution in [3.63, 3.8) is 0 Å². The van der Waals surface area contributed by atoms with Crippen LogP contribution in [-0.4, -0.2) is 30.3 Å². The van der Waals surface area contributed by atoms with Gasteiger partial charge in [-0.2, -0.15) is 0 Å². The number of nitrogens with zero attached hydrogens (tertiary/aromatic N) is 2. The number of amides is 1. The molecule has 3 aromatic rings. The average molecular weight is 378 g/mol. The Balaban J connectivity index is 1.64. The molecule has 2 aromatic carbocycles. The van der Waals surface area contributed by atoms with Crippen molar-refractivity contribution < 1.29 is 14.3 Å². The summed E-state index contributed by atoms with van der Waals surface area (Å²) < 4.78 is 10.4. The fourth-order valence-corrected chi connectivity index (χ4v) is 2.63. The van der Waals surface area contributed by atoms with Crippen LogP contribution in [-0.2, 0) is 6.54 Å². The molecule has 7 heteroatoms. The van der Waals surface area contributed by atoms with E-state index in [1.165, 1.54) is 18.2 Å². The highest BCUT2D eigenvalue weighted by molar-refractivity contribution is 6.03. The summed E-state index contributed by atoms with van der Waals surface area (Å²) in [6.45, 7) is 2.69. The van der Waals surface area contributed by atoms with Crippen LogP contribution in [0.3, 0.4) is 0 Å². The predicted molar refractivity (Wildman–Crippen MR) is 108 cm³/mol. The van der Waals surface area contributed by atoms with E-state index in [2.05, 4.69) is 39.9 Å². The molecule has 0 unspecified atom stereocenters. The zero-order valence-corrected chi connectivity index (χ0v) is 16.0. The standard InChI is InChI=1S/C21H22N4O3/c1-14-6-4-5-7-15(14)13-22-20-11-10-18(24-25-20)21(26)23-17-9-8-16(27-2)12-19(17)28-3/h4-12H,13H2,1-3H3,(H,22,25)(H,23,26). The molecule has 0 saturated carbocycles. The van der Waals surface area contributed by atoms with E-state index in [-0.39, 0.29) is 11.6 Å². The van der Waals surface area contributed by atoms with Crippen LogP contribution < -0.4 is 20.1 Å². The lowest BCUT2D eigenvalue weighted by atomic mass is 10.1. The second-order valence-electron chi connectivity index (χ2n) is 6.10. The number of anilines is 2. The van der Waals surface area contributed by atoms with Crippen LogP contribution in [0.15, 0.2) is 54.6 Å². The SMILES string of the molecule is COc1ccc(NC(=O)c2ccc(NCc3ccccc3C)nn2)c(OC)c1. The van der Waals surface area contributed by atoms with Crippen LogP contribution >= 0.6 is 0 Å². The van der Waals surface area contributed by atoms with Crippen molar-refractivity contribution in [1.29, 1.82) is 0 Å². The van der Waals surface area contributed by atoms with Gasteiger partial charge in [0.15, 0.2) is 5.69 Å². The first kappa shape index (κ1) is 19.2. The van der Waals surface area contributed by atoms with Crippen molar-refractivity contribution in [3.05, 3.63) is 71.4 Å². The zero-order valence-electron chi connectivity index (χ0n) is 16.0. The maximum Gasteiger partial charge on any atom is 0.276 e. The number of hydrogen-bond donors (Lipinski definition) is 2. The lowest BCUT2D eigenvalue weighted by Crippen LogP contribution is -2.15. The Hall–Kier alpha value is -3.61. The third-order valence-corrected chi connectivity index (χ3v) is 4.28. The Morgan fingerprint density at radius 2 is 1.82 bits per heavy atom. The number of nitrogens with one attached hydrogen (secondary N) is 2. The van der Waals surface area contributed by atoms with E-state index in [0.29, 0.717) is 29.5 Å². The number of benzene rings is 2. The molecule has 1 aromatic heterocycles. The largest absolute Gasteiger partial charge is 0.497 e. The summed E-state index contributed by atoms with van der Waals surface area (Å²) in [6, 6.07) is 16.6. The third kappa shape index (κ3) is 4.56. The summed E-state index contributed by atoms with van der Waals surface area (Å²) >= 11 is 0. The highest BCUT2D eigenvalue weighted by atomic mass is 16.5. The van der Waals surface area contributed by atoms with Crippen LogP contribution in [0.5, 0.6) is 11.5 Å². The summed E-state index contributed by atoms with van der Waals surface area (Å²) in [5, 5.41) is 14.1. The van der Waals surface area contributed by atoms with Gasteiger partial charge in [0.1, 0.15) is 17.3 Å². The fraction of sp³-hybridized carbons (Fsp3) is 0.190. The van der Waals surface area contributed by atoms with E-state index in [4.69, 9.17) is 9.47 Å². The van der Waals surface area contributed by atoms with Gasteiger partial charge in [-0.1, -0.05) is 24.3 Å². The number of hydrogen-bond acceptors (Lipinski definition) is 6. The molecule has 7 nitrogen and oxygen atoms in total. The molecule has 0 spiro atoms.